The molecule has 194 valence electrons. The summed E-state index contributed by atoms with van der Waals surface area (Å²) in [6.45, 7) is 1.31. The molecule has 0 spiro atoms. The summed E-state index contributed by atoms with van der Waals surface area (Å²) < 4.78 is 13.1. The molecule has 1 saturated heterocycles. The van der Waals surface area contributed by atoms with E-state index in [1.807, 2.05) is 35.0 Å². The van der Waals surface area contributed by atoms with Gasteiger partial charge in [-0.2, -0.15) is 4.98 Å². The van der Waals surface area contributed by atoms with Crippen LogP contribution in [0.5, 0.6) is 0 Å². The lowest BCUT2D eigenvalue weighted by Crippen LogP contribution is -2.36. The van der Waals surface area contributed by atoms with Gasteiger partial charge in [0.05, 0.1) is 6.26 Å². The Morgan fingerprint density at radius 3 is 2.62 bits per heavy atom. The van der Waals surface area contributed by atoms with Gasteiger partial charge < -0.3 is 19.4 Å². The fourth-order valence-corrected chi connectivity index (χ4v) is 5.90. The number of pyridine rings is 1. The third-order valence-electron chi connectivity index (χ3n) is 8.08. The van der Waals surface area contributed by atoms with Gasteiger partial charge in [-0.1, -0.05) is 12.1 Å². The lowest BCUT2D eigenvalue weighted by Gasteiger charge is -2.33. The van der Waals surface area contributed by atoms with Crippen LogP contribution < -0.4 is 10.9 Å². The first kappa shape index (κ1) is 24.1. The van der Waals surface area contributed by atoms with Gasteiger partial charge in [0, 0.05) is 60.3 Å². The molecule has 4 aromatic rings. The lowest BCUT2D eigenvalue weighted by atomic mass is 9.91. The van der Waals surface area contributed by atoms with Gasteiger partial charge in [-0.25, -0.2) is 4.98 Å². The van der Waals surface area contributed by atoms with Crippen LogP contribution in [0.1, 0.15) is 55.7 Å². The van der Waals surface area contributed by atoms with E-state index >= 15 is 0 Å². The van der Waals surface area contributed by atoms with E-state index in [-0.39, 0.29) is 11.6 Å². The maximum absolute atomic E-state index is 13.9. The fourth-order valence-electron chi connectivity index (χ4n) is 5.90. The molecule has 1 saturated carbocycles. The molecule has 1 aliphatic heterocycles. The highest BCUT2D eigenvalue weighted by atomic mass is 16.5. The largest absolute Gasteiger partial charge is 0.464 e. The van der Waals surface area contributed by atoms with Crippen LogP contribution in [0, 0.1) is 0 Å². The minimum Gasteiger partial charge on any atom is -0.464 e. The van der Waals surface area contributed by atoms with Crippen molar-refractivity contribution in [1.29, 1.82) is 0 Å². The molecule has 1 aromatic carbocycles. The Kier molecular flexibility index (Phi) is 6.69. The van der Waals surface area contributed by atoms with Crippen LogP contribution in [0.3, 0.4) is 0 Å². The highest BCUT2D eigenvalue weighted by Crippen LogP contribution is 2.27. The first-order chi connectivity index (χ1) is 18.0. The van der Waals surface area contributed by atoms with Crippen LogP contribution in [-0.4, -0.2) is 58.8 Å². The zero-order valence-corrected chi connectivity index (χ0v) is 21.7. The summed E-state index contributed by atoms with van der Waals surface area (Å²) in [6, 6.07) is 11.1. The molecule has 0 atom stereocenters. The number of anilines is 1. The number of ether oxygens (including phenoxy) is 1. The molecule has 4 heterocycles. The summed E-state index contributed by atoms with van der Waals surface area (Å²) in [5, 5.41) is 5.51. The van der Waals surface area contributed by atoms with Crippen molar-refractivity contribution in [3.63, 3.8) is 0 Å². The smallest absolute Gasteiger partial charge is 0.256 e. The predicted octanol–water partition coefficient (Wildman–Crippen LogP) is 4.76. The highest BCUT2D eigenvalue weighted by molar-refractivity contribution is 5.78. The number of rotatable bonds is 6. The second-order valence-corrected chi connectivity index (χ2v) is 10.7. The summed E-state index contributed by atoms with van der Waals surface area (Å²) in [7, 11) is 4.31. The summed E-state index contributed by atoms with van der Waals surface area (Å²) in [5.41, 5.74) is 3.36. The van der Waals surface area contributed by atoms with E-state index in [1.54, 1.807) is 6.26 Å². The number of furan rings is 1. The zero-order valence-electron chi connectivity index (χ0n) is 21.7. The van der Waals surface area contributed by atoms with E-state index in [0.717, 1.165) is 66.0 Å². The minimum atomic E-state index is 0.0232. The standard InChI is InChI=1S/C29H35N5O3/c1-33(2)24-7-5-23(6-8-24)31-29-30-18-22-17-21(15-19-3-4-20-9-14-37-26(20)16-19)28(35)34(27(22)32-29)25-10-12-36-13-11-25/h3-4,9,14,16-18,23-25H,5-8,10-13,15H2,1-2H3,(H,30,31,32). The third kappa shape index (κ3) is 5.00. The normalized spacial score (nSPS) is 21.2. The molecule has 0 bridgehead atoms. The van der Waals surface area contributed by atoms with Crippen molar-refractivity contribution in [1.82, 2.24) is 19.4 Å². The Bertz CT molecular complexity index is 1450. The molecule has 0 amide bonds. The summed E-state index contributed by atoms with van der Waals surface area (Å²) in [4.78, 5) is 25.8. The van der Waals surface area contributed by atoms with Gasteiger partial charge in [-0.3, -0.25) is 9.36 Å². The molecule has 3 aromatic heterocycles. The van der Waals surface area contributed by atoms with E-state index in [4.69, 9.17) is 14.1 Å². The third-order valence-corrected chi connectivity index (χ3v) is 8.08. The Balaban J connectivity index is 1.33. The van der Waals surface area contributed by atoms with E-state index < -0.39 is 0 Å². The Morgan fingerprint density at radius 1 is 1.03 bits per heavy atom. The average molecular weight is 502 g/mol. The van der Waals surface area contributed by atoms with Gasteiger partial charge >= 0.3 is 0 Å². The van der Waals surface area contributed by atoms with Crippen LogP contribution in [0.2, 0.25) is 0 Å². The van der Waals surface area contributed by atoms with Crippen molar-refractivity contribution in [2.45, 2.75) is 63.1 Å². The molecule has 0 radical (unpaired) electrons. The fraction of sp³-hybridized carbons (Fsp3) is 0.483. The van der Waals surface area contributed by atoms with E-state index in [2.05, 4.69) is 35.4 Å². The molecular formula is C29H35N5O3. The number of fused-ring (bicyclic) bond motifs is 2. The summed E-state index contributed by atoms with van der Waals surface area (Å²) in [5.74, 6) is 0.608. The van der Waals surface area contributed by atoms with Crippen molar-refractivity contribution in [3.8, 4) is 0 Å². The van der Waals surface area contributed by atoms with Crippen LogP contribution in [0.15, 0.2) is 52.0 Å². The second kappa shape index (κ2) is 10.3. The van der Waals surface area contributed by atoms with E-state index in [1.165, 1.54) is 0 Å². The Hall–Kier alpha value is -3.23. The molecule has 1 aliphatic carbocycles. The number of aromatic nitrogens is 3. The number of hydrogen-bond acceptors (Lipinski definition) is 7. The maximum Gasteiger partial charge on any atom is 0.256 e. The van der Waals surface area contributed by atoms with Gasteiger partial charge in [0.2, 0.25) is 5.95 Å². The van der Waals surface area contributed by atoms with E-state index in [9.17, 15) is 4.79 Å². The second-order valence-electron chi connectivity index (χ2n) is 10.7. The number of benzene rings is 1. The van der Waals surface area contributed by atoms with Gasteiger partial charge in [-0.15, -0.1) is 0 Å². The van der Waals surface area contributed by atoms with Crippen LogP contribution in [0.25, 0.3) is 22.0 Å². The highest BCUT2D eigenvalue weighted by Gasteiger charge is 2.25. The number of hydrogen-bond donors (Lipinski definition) is 1. The molecule has 2 fully saturated rings. The zero-order chi connectivity index (χ0) is 25.4. The maximum atomic E-state index is 13.9. The van der Waals surface area contributed by atoms with Crippen molar-refractivity contribution in [2.75, 3.05) is 32.6 Å². The first-order valence-corrected chi connectivity index (χ1v) is 13.4. The van der Waals surface area contributed by atoms with Crippen LogP contribution in [-0.2, 0) is 11.2 Å². The topological polar surface area (TPSA) is 85.4 Å². The van der Waals surface area contributed by atoms with Gasteiger partial charge in [-0.05, 0) is 76.4 Å². The van der Waals surface area contributed by atoms with Crippen molar-refractivity contribution in [3.05, 3.63) is 64.3 Å². The van der Waals surface area contributed by atoms with Gasteiger partial charge in [0.15, 0.2) is 0 Å². The monoisotopic (exact) mass is 501 g/mol. The van der Waals surface area contributed by atoms with Gasteiger partial charge in [0.1, 0.15) is 11.2 Å². The SMILES string of the molecule is CN(C)C1CCC(Nc2ncc3cc(Cc4ccc5ccoc5c4)c(=O)n(C4CCOCC4)c3n2)CC1. The van der Waals surface area contributed by atoms with Crippen molar-refractivity contribution in [2.24, 2.45) is 0 Å². The minimum absolute atomic E-state index is 0.0232. The van der Waals surface area contributed by atoms with Crippen LogP contribution >= 0.6 is 0 Å². The van der Waals surface area contributed by atoms with Gasteiger partial charge in [0.25, 0.3) is 5.56 Å². The molecule has 8 nitrogen and oxygen atoms in total. The van der Waals surface area contributed by atoms with E-state index in [0.29, 0.717) is 43.3 Å². The summed E-state index contributed by atoms with van der Waals surface area (Å²) >= 11 is 0. The summed E-state index contributed by atoms with van der Waals surface area (Å²) in [6.07, 6.45) is 10.2. The first-order valence-electron chi connectivity index (χ1n) is 13.4. The molecular weight excluding hydrogens is 466 g/mol. The molecule has 1 N–H and O–H groups in total. The lowest BCUT2D eigenvalue weighted by molar-refractivity contribution is 0.0696. The molecule has 0 unspecified atom stereocenters. The van der Waals surface area contributed by atoms with Crippen molar-refractivity contribution < 1.29 is 9.15 Å². The molecule has 6 rings (SSSR count). The number of nitrogens with zero attached hydrogens (tertiary/aromatic N) is 4. The average Bonchev–Trinajstić information content (AvgIpc) is 3.38. The Labute approximate surface area is 216 Å². The molecule has 37 heavy (non-hydrogen) atoms. The quantitative estimate of drug-likeness (QED) is 0.408. The Morgan fingerprint density at radius 2 is 1.84 bits per heavy atom. The number of nitrogens with one attached hydrogen (secondary N) is 1. The molecule has 8 heteroatoms. The van der Waals surface area contributed by atoms with Crippen LogP contribution in [0.4, 0.5) is 5.95 Å². The molecule has 2 aliphatic rings. The predicted molar refractivity (Wildman–Crippen MR) is 145 cm³/mol. The van der Waals surface area contributed by atoms with Crippen molar-refractivity contribution >= 4 is 28.0 Å².